The number of carboxylic acids is 1. The fourth-order valence-corrected chi connectivity index (χ4v) is 9.09. The summed E-state index contributed by atoms with van der Waals surface area (Å²) in [6.07, 6.45) is 28.7. The van der Waals surface area contributed by atoms with Crippen LogP contribution in [0.25, 0.3) is 0 Å². The van der Waals surface area contributed by atoms with E-state index in [1.54, 1.807) is 0 Å². The second-order valence-corrected chi connectivity index (χ2v) is 15.2. The number of hydrogen-bond donors (Lipinski definition) is 3. The van der Waals surface area contributed by atoms with E-state index in [1.807, 2.05) is 0 Å². The Balaban J connectivity index is 1.06. The van der Waals surface area contributed by atoms with Crippen molar-refractivity contribution >= 4 is 17.9 Å². The summed E-state index contributed by atoms with van der Waals surface area (Å²) in [7, 11) is 0. The largest absolute Gasteiger partial charge is 0.481 e. The summed E-state index contributed by atoms with van der Waals surface area (Å²) in [5, 5.41) is 12.5. The number of esters is 1. The van der Waals surface area contributed by atoms with Crippen LogP contribution in [-0.2, 0) is 23.8 Å². The highest BCUT2D eigenvalue weighted by molar-refractivity contribution is 5.80. The van der Waals surface area contributed by atoms with Crippen LogP contribution in [0, 0.1) is 5.92 Å². The van der Waals surface area contributed by atoms with Gasteiger partial charge in [-0.15, -0.1) is 0 Å². The Morgan fingerprint density at radius 3 is 2.30 bits per heavy atom. The van der Waals surface area contributed by atoms with Gasteiger partial charge in [0.2, 0.25) is 0 Å². The lowest BCUT2D eigenvalue weighted by Gasteiger charge is -2.51. The summed E-state index contributed by atoms with van der Waals surface area (Å²) in [5.41, 5.74) is -1.27. The van der Waals surface area contributed by atoms with Crippen molar-refractivity contribution in [3.63, 3.8) is 0 Å². The van der Waals surface area contributed by atoms with Crippen molar-refractivity contribution in [3.05, 3.63) is 12.2 Å². The number of carbonyl (C=O) groups is 2. The smallest absolute Gasteiger partial charge is 0.320 e. The minimum atomic E-state index is -0.855. The van der Waals surface area contributed by atoms with Gasteiger partial charge in [-0.25, -0.2) is 0 Å². The molecular formula is C38H64N3O6+. The lowest BCUT2D eigenvalue weighted by atomic mass is 9.80. The average molecular weight is 659 g/mol. The molecule has 266 valence electrons. The first-order valence-corrected chi connectivity index (χ1v) is 19.5. The van der Waals surface area contributed by atoms with Crippen molar-refractivity contribution in [2.45, 2.75) is 197 Å². The summed E-state index contributed by atoms with van der Waals surface area (Å²) in [6, 6.07) is 0.512. The zero-order chi connectivity index (χ0) is 33.1. The number of carbonyl (C=O) groups excluding carboxylic acids is 1. The number of nitrogens with zero attached hydrogens (tertiary/aromatic N) is 1. The molecule has 2 spiro atoms. The van der Waals surface area contributed by atoms with Crippen LogP contribution in [0.1, 0.15) is 162 Å². The van der Waals surface area contributed by atoms with Crippen LogP contribution in [0.2, 0.25) is 0 Å². The summed E-state index contributed by atoms with van der Waals surface area (Å²) < 4.78 is 19.5. The molecule has 0 bridgehead atoms. The Morgan fingerprint density at radius 1 is 0.957 bits per heavy atom. The van der Waals surface area contributed by atoms with E-state index in [0.29, 0.717) is 19.1 Å². The maximum absolute atomic E-state index is 14.0. The molecule has 3 fully saturated rings. The number of ether oxygens (including phenoxy) is 3. The first-order valence-electron chi connectivity index (χ1n) is 19.5. The summed E-state index contributed by atoms with van der Waals surface area (Å²) in [4.78, 5) is 31.2. The van der Waals surface area contributed by atoms with Crippen molar-refractivity contribution in [1.82, 2.24) is 5.32 Å². The number of aliphatic carboxylic acids is 1. The van der Waals surface area contributed by atoms with Crippen LogP contribution in [0.4, 0.5) is 0 Å². The van der Waals surface area contributed by atoms with Crippen LogP contribution >= 0.6 is 0 Å². The van der Waals surface area contributed by atoms with Gasteiger partial charge in [0.1, 0.15) is 6.04 Å². The minimum absolute atomic E-state index is 0.0675. The Kier molecular flexibility index (Phi) is 13.6. The molecule has 0 aliphatic carbocycles. The van der Waals surface area contributed by atoms with Gasteiger partial charge in [0.25, 0.3) is 0 Å². The SMILES string of the molecule is CC[C@H]1C=CCC[C@@]2(C[C@@H]3CC[C@H]4[C@@H](C(=O)OCCCCCCCCCCCCCCCC(=O)O)[C@@]5(CCC[C@@H](C)O5)N=C(N2)[NH+]34)O1. The number of rotatable bonds is 18. The Bertz CT molecular complexity index is 1080. The summed E-state index contributed by atoms with van der Waals surface area (Å²) in [5.74, 6) is -0.203. The molecule has 8 atom stereocenters. The quantitative estimate of drug-likeness (QED) is 0.0865. The highest BCUT2D eigenvalue weighted by Gasteiger charge is 2.65. The molecule has 9 heteroatoms. The molecule has 1 unspecified atom stereocenters. The molecule has 5 rings (SSSR count). The van der Waals surface area contributed by atoms with E-state index < -0.39 is 17.4 Å². The molecule has 0 aromatic rings. The second kappa shape index (κ2) is 17.6. The van der Waals surface area contributed by atoms with Gasteiger partial charge in [0, 0.05) is 25.7 Å². The van der Waals surface area contributed by atoms with Gasteiger partial charge in [-0.05, 0) is 58.3 Å². The molecular weight excluding hydrogens is 594 g/mol. The lowest BCUT2D eigenvalue weighted by Crippen LogP contribution is -3.25. The van der Waals surface area contributed by atoms with Gasteiger partial charge in [-0.2, -0.15) is 4.99 Å². The number of allylic oxidation sites excluding steroid dienone is 1. The normalized spacial score (nSPS) is 34.5. The van der Waals surface area contributed by atoms with Crippen molar-refractivity contribution < 1.29 is 33.8 Å². The second-order valence-electron chi connectivity index (χ2n) is 15.2. The molecule has 5 heterocycles. The first kappa shape index (κ1) is 36.3. The Hall–Kier alpha value is -1.97. The van der Waals surface area contributed by atoms with Crippen LogP contribution in [-0.4, -0.2) is 65.4 Å². The van der Waals surface area contributed by atoms with Crippen LogP contribution in [0.15, 0.2) is 17.1 Å². The third-order valence-corrected chi connectivity index (χ3v) is 11.5. The number of aliphatic imine (C=N–C) groups is 1. The molecule has 0 saturated carbocycles. The molecule has 9 nitrogen and oxygen atoms in total. The predicted octanol–water partition coefficient (Wildman–Crippen LogP) is 6.60. The average Bonchev–Trinajstić information content (AvgIpc) is 3.34. The maximum Gasteiger partial charge on any atom is 0.320 e. The summed E-state index contributed by atoms with van der Waals surface area (Å²) >= 11 is 0. The van der Waals surface area contributed by atoms with Gasteiger partial charge >= 0.3 is 17.9 Å². The van der Waals surface area contributed by atoms with Gasteiger partial charge in [-0.3, -0.25) is 19.8 Å². The van der Waals surface area contributed by atoms with E-state index in [-0.39, 0.29) is 30.1 Å². The molecule has 0 aromatic heterocycles. The molecule has 0 radical (unpaired) electrons. The number of unbranched alkanes of at least 4 members (excludes halogenated alkanes) is 12. The van der Waals surface area contributed by atoms with Gasteiger partial charge < -0.3 is 19.3 Å². The van der Waals surface area contributed by atoms with Gasteiger partial charge in [0.05, 0.1) is 24.9 Å². The molecule has 3 saturated heterocycles. The molecule has 0 aromatic carbocycles. The van der Waals surface area contributed by atoms with Crippen LogP contribution in [0.5, 0.6) is 0 Å². The summed E-state index contributed by atoms with van der Waals surface area (Å²) in [6.45, 7) is 4.79. The molecule has 5 aliphatic rings. The Labute approximate surface area is 283 Å². The standard InChI is InChI=1S/C38H63N3O6/c1-3-31-21-16-17-25-37(47-31)28-30-23-24-32-34(38(26-19-20-29(2)46-38)40-36(39-37)41(30)32)35(44)45-27-18-14-12-10-8-6-4-5-7-9-11-13-15-22-33(42)43/h16,21,29-32,34H,3-15,17-20,22-28H2,1-2H3,(H,39,40)(H,42,43)/p+1/t29-,30+,31+,32+,34+,37+,38+/m1/s1. The third kappa shape index (κ3) is 9.60. The fourth-order valence-electron chi connectivity index (χ4n) is 9.09. The van der Waals surface area contributed by atoms with E-state index in [2.05, 4.69) is 31.3 Å². The van der Waals surface area contributed by atoms with Crippen LogP contribution < -0.4 is 10.2 Å². The predicted molar refractivity (Wildman–Crippen MR) is 183 cm³/mol. The monoisotopic (exact) mass is 658 g/mol. The highest BCUT2D eigenvalue weighted by atomic mass is 16.6. The number of hydrogen-bond acceptors (Lipinski definition) is 7. The lowest BCUT2D eigenvalue weighted by molar-refractivity contribution is -0.863. The zero-order valence-electron chi connectivity index (χ0n) is 29.4. The van der Waals surface area contributed by atoms with Crippen LogP contribution in [0.3, 0.4) is 0 Å². The number of nitrogens with one attached hydrogen (secondary N) is 2. The minimum Gasteiger partial charge on any atom is -0.481 e. The molecule has 47 heavy (non-hydrogen) atoms. The van der Waals surface area contributed by atoms with E-state index in [4.69, 9.17) is 24.3 Å². The van der Waals surface area contributed by atoms with E-state index >= 15 is 0 Å². The van der Waals surface area contributed by atoms with Crippen molar-refractivity contribution in [2.24, 2.45) is 10.9 Å². The fraction of sp³-hybridized carbons (Fsp3) is 0.868. The first-order chi connectivity index (χ1) is 22.8. The van der Waals surface area contributed by atoms with E-state index in [9.17, 15) is 9.59 Å². The number of guanidine groups is 1. The molecule has 3 N–H and O–H groups in total. The molecule has 5 aliphatic heterocycles. The van der Waals surface area contributed by atoms with Crippen molar-refractivity contribution in [1.29, 1.82) is 0 Å². The van der Waals surface area contributed by atoms with Gasteiger partial charge in [0.15, 0.2) is 17.4 Å². The maximum atomic E-state index is 14.0. The van der Waals surface area contributed by atoms with Gasteiger partial charge in [-0.1, -0.05) is 89.7 Å². The zero-order valence-corrected chi connectivity index (χ0v) is 29.4. The van der Waals surface area contributed by atoms with E-state index in [0.717, 1.165) is 95.9 Å². The molecule has 0 amide bonds. The third-order valence-electron chi connectivity index (χ3n) is 11.5. The van der Waals surface area contributed by atoms with Crippen molar-refractivity contribution in [2.75, 3.05) is 6.61 Å². The Morgan fingerprint density at radius 2 is 1.64 bits per heavy atom. The topological polar surface area (TPSA) is 111 Å². The van der Waals surface area contributed by atoms with Crippen molar-refractivity contribution in [3.8, 4) is 0 Å². The highest BCUT2D eigenvalue weighted by Crippen LogP contribution is 2.43. The van der Waals surface area contributed by atoms with E-state index in [1.165, 1.54) is 56.3 Å². The number of quaternary nitrogens is 1. The number of carboxylic acid groups (broad SMARTS) is 1.